The SMILES string of the molecule is O=C(NC1CCN(S(=O)(=O)Cc2ccccc2)CC1)c1ccn[nH]1. The monoisotopic (exact) mass is 348 g/mol. The maximum atomic E-state index is 12.5. The predicted octanol–water partition coefficient (Wildman–Crippen LogP) is 1.13. The Labute approximate surface area is 141 Å². The molecule has 0 atom stereocenters. The van der Waals surface area contributed by atoms with E-state index in [4.69, 9.17) is 0 Å². The number of carbonyl (C=O) groups is 1. The average molecular weight is 348 g/mol. The van der Waals surface area contributed by atoms with Gasteiger partial charge in [0.1, 0.15) is 5.69 Å². The van der Waals surface area contributed by atoms with Crippen LogP contribution in [0.2, 0.25) is 0 Å². The zero-order valence-corrected chi connectivity index (χ0v) is 14.0. The molecule has 0 spiro atoms. The van der Waals surface area contributed by atoms with Crippen molar-refractivity contribution in [1.29, 1.82) is 0 Å². The van der Waals surface area contributed by atoms with Crippen LogP contribution < -0.4 is 5.32 Å². The third-order valence-corrected chi connectivity index (χ3v) is 5.97. The molecule has 1 aliphatic heterocycles. The van der Waals surface area contributed by atoms with Crippen molar-refractivity contribution < 1.29 is 13.2 Å². The van der Waals surface area contributed by atoms with Crippen LogP contribution in [0.25, 0.3) is 0 Å². The first-order chi connectivity index (χ1) is 11.5. The normalized spacial score (nSPS) is 16.8. The number of rotatable bonds is 5. The van der Waals surface area contributed by atoms with Gasteiger partial charge < -0.3 is 5.32 Å². The summed E-state index contributed by atoms with van der Waals surface area (Å²) in [5.74, 6) is -0.197. The quantitative estimate of drug-likeness (QED) is 0.847. The molecule has 2 aromatic rings. The van der Waals surface area contributed by atoms with Crippen LogP contribution in [-0.2, 0) is 15.8 Å². The highest BCUT2D eigenvalue weighted by atomic mass is 32.2. The molecule has 1 aromatic carbocycles. The van der Waals surface area contributed by atoms with Gasteiger partial charge >= 0.3 is 0 Å². The first-order valence-corrected chi connectivity index (χ1v) is 9.47. The summed E-state index contributed by atoms with van der Waals surface area (Å²) in [5, 5.41) is 9.28. The lowest BCUT2D eigenvalue weighted by atomic mass is 10.1. The maximum Gasteiger partial charge on any atom is 0.269 e. The van der Waals surface area contributed by atoms with E-state index >= 15 is 0 Å². The number of sulfonamides is 1. The number of nitrogens with one attached hydrogen (secondary N) is 2. The smallest absolute Gasteiger partial charge is 0.269 e. The average Bonchev–Trinajstić information content (AvgIpc) is 3.10. The molecule has 1 aromatic heterocycles. The Hall–Kier alpha value is -2.19. The summed E-state index contributed by atoms with van der Waals surface area (Å²) in [6, 6.07) is 10.7. The molecule has 24 heavy (non-hydrogen) atoms. The largest absolute Gasteiger partial charge is 0.348 e. The summed E-state index contributed by atoms with van der Waals surface area (Å²) in [6.45, 7) is 0.839. The molecule has 8 heteroatoms. The number of H-pyrrole nitrogens is 1. The summed E-state index contributed by atoms with van der Waals surface area (Å²) < 4.78 is 26.5. The van der Waals surface area contributed by atoms with Gasteiger partial charge in [0, 0.05) is 25.3 Å². The van der Waals surface area contributed by atoms with Gasteiger partial charge in [-0.1, -0.05) is 30.3 Å². The van der Waals surface area contributed by atoms with Crippen molar-refractivity contribution in [3.8, 4) is 0 Å². The van der Waals surface area contributed by atoms with E-state index in [0.29, 0.717) is 31.6 Å². The van der Waals surface area contributed by atoms with Crippen LogP contribution in [0.15, 0.2) is 42.6 Å². The third-order valence-electron chi connectivity index (χ3n) is 4.12. The number of piperidine rings is 1. The molecule has 128 valence electrons. The van der Waals surface area contributed by atoms with Crippen LogP contribution in [0.3, 0.4) is 0 Å². The molecule has 0 unspecified atom stereocenters. The Morgan fingerprint density at radius 2 is 1.92 bits per heavy atom. The van der Waals surface area contributed by atoms with Crippen LogP contribution in [0, 0.1) is 0 Å². The molecule has 0 bridgehead atoms. The van der Waals surface area contributed by atoms with E-state index < -0.39 is 10.0 Å². The molecule has 2 N–H and O–H groups in total. The highest BCUT2D eigenvalue weighted by Crippen LogP contribution is 2.18. The second-order valence-electron chi connectivity index (χ2n) is 5.86. The van der Waals surface area contributed by atoms with Gasteiger partial charge in [0.25, 0.3) is 5.91 Å². The first kappa shape index (κ1) is 16.7. The number of carbonyl (C=O) groups excluding carboxylic acids is 1. The van der Waals surface area contributed by atoms with E-state index in [9.17, 15) is 13.2 Å². The molecule has 1 aliphatic rings. The number of hydrogen-bond donors (Lipinski definition) is 2. The summed E-state index contributed by atoms with van der Waals surface area (Å²) in [7, 11) is -3.33. The standard InChI is InChI=1S/C16H20N4O3S/c21-16(15-6-9-17-19-15)18-14-7-10-20(11-8-14)24(22,23)12-13-4-2-1-3-5-13/h1-6,9,14H,7-8,10-12H2,(H,17,19)(H,18,21). The molecule has 0 aliphatic carbocycles. The van der Waals surface area contributed by atoms with Crippen LogP contribution in [-0.4, -0.2) is 48.0 Å². The zero-order valence-electron chi connectivity index (χ0n) is 13.2. The molecule has 0 radical (unpaired) electrons. The summed E-state index contributed by atoms with van der Waals surface area (Å²) >= 11 is 0. The predicted molar refractivity (Wildman–Crippen MR) is 89.7 cm³/mol. The van der Waals surface area contributed by atoms with Gasteiger partial charge in [0.2, 0.25) is 10.0 Å². The summed E-state index contributed by atoms with van der Waals surface area (Å²) in [4.78, 5) is 12.0. The molecular formula is C16H20N4O3S. The minimum Gasteiger partial charge on any atom is -0.348 e. The van der Waals surface area contributed by atoms with Crippen molar-refractivity contribution in [3.63, 3.8) is 0 Å². The van der Waals surface area contributed by atoms with Gasteiger partial charge in [0.05, 0.1) is 5.75 Å². The first-order valence-electron chi connectivity index (χ1n) is 7.86. The van der Waals surface area contributed by atoms with Crippen molar-refractivity contribution in [3.05, 3.63) is 53.9 Å². The Bertz CT molecular complexity index is 767. The molecule has 7 nitrogen and oxygen atoms in total. The zero-order chi connectivity index (χ0) is 17.0. The van der Waals surface area contributed by atoms with Gasteiger partial charge in [-0.2, -0.15) is 5.10 Å². The van der Waals surface area contributed by atoms with Gasteiger partial charge in [0.15, 0.2) is 0 Å². The molecule has 1 saturated heterocycles. The summed E-state index contributed by atoms with van der Waals surface area (Å²) in [6.07, 6.45) is 2.73. The molecule has 0 saturated carbocycles. The number of amides is 1. The van der Waals surface area contributed by atoms with Gasteiger partial charge in [-0.05, 0) is 24.5 Å². The van der Waals surface area contributed by atoms with Crippen molar-refractivity contribution in [2.24, 2.45) is 0 Å². The van der Waals surface area contributed by atoms with E-state index in [0.717, 1.165) is 5.56 Å². The van der Waals surface area contributed by atoms with E-state index in [2.05, 4.69) is 15.5 Å². The van der Waals surface area contributed by atoms with E-state index in [1.807, 2.05) is 30.3 Å². The van der Waals surface area contributed by atoms with Crippen molar-refractivity contribution >= 4 is 15.9 Å². The number of hydrogen-bond acceptors (Lipinski definition) is 4. The molecule has 3 rings (SSSR count). The molecule has 1 amide bonds. The van der Waals surface area contributed by atoms with Crippen molar-refractivity contribution in [2.45, 2.75) is 24.6 Å². The van der Waals surface area contributed by atoms with Crippen molar-refractivity contribution in [2.75, 3.05) is 13.1 Å². The lowest BCUT2D eigenvalue weighted by molar-refractivity contribution is 0.0918. The minimum atomic E-state index is -3.33. The number of aromatic amines is 1. The maximum absolute atomic E-state index is 12.5. The fourth-order valence-corrected chi connectivity index (χ4v) is 4.36. The van der Waals surface area contributed by atoms with Gasteiger partial charge in [-0.25, -0.2) is 12.7 Å². The van der Waals surface area contributed by atoms with Crippen LogP contribution >= 0.6 is 0 Å². The fraction of sp³-hybridized carbons (Fsp3) is 0.375. The third kappa shape index (κ3) is 4.01. The Morgan fingerprint density at radius 3 is 2.54 bits per heavy atom. The minimum absolute atomic E-state index is 0.0129. The van der Waals surface area contributed by atoms with E-state index in [1.54, 1.807) is 6.07 Å². The Balaban J connectivity index is 1.53. The highest BCUT2D eigenvalue weighted by Gasteiger charge is 2.29. The molecule has 2 heterocycles. The second-order valence-corrected chi connectivity index (χ2v) is 7.83. The van der Waals surface area contributed by atoms with Crippen LogP contribution in [0.5, 0.6) is 0 Å². The number of aromatic nitrogens is 2. The van der Waals surface area contributed by atoms with Gasteiger partial charge in [-0.3, -0.25) is 9.89 Å². The van der Waals surface area contributed by atoms with E-state index in [-0.39, 0.29) is 17.7 Å². The van der Waals surface area contributed by atoms with Crippen LogP contribution in [0.4, 0.5) is 0 Å². The topological polar surface area (TPSA) is 95.2 Å². The highest BCUT2D eigenvalue weighted by molar-refractivity contribution is 7.88. The van der Waals surface area contributed by atoms with E-state index in [1.165, 1.54) is 10.5 Å². The molecular weight excluding hydrogens is 328 g/mol. The summed E-state index contributed by atoms with van der Waals surface area (Å²) in [5.41, 5.74) is 1.20. The van der Waals surface area contributed by atoms with Crippen molar-refractivity contribution in [1.82, 2.24) is 19.8 Å². The lowest BCUT2D eigenvalue weighted by Crippen LogP contribution is -2.46. The van der Waals surface area contributed by atoms with Gasteiger partial charge in [-0.15, -0.1) is 0 Å². The Morgan fingerprint density at radius 1 is 1.21 bits per heavy atom. The second kappa shape index (κ2) is 7.14. The Kier molecular flexibility index (Phi) is 4.96. The number of benzene rings is 1. The van der Waals surface area contributed by atoms with Crippen LogP contribution in [0.1, 0.15) is 28.9 Å². The fourth-order valence-electron chi connectivity index (χ4n) is 2.80. The number of nitrogens with zero attached hydrogens (tertiary/aromatic N) is 2. The lowest BCUT2D eigenvalue weighted by Gasteiger charge is -2.31. The molecule has 1 fully saturated rings.